The number of hydrogen-bond donors (Lipinski definition) is 1. The lowest BCUT2D eigenvalue weighted by atomic mass is 10.2. The van der Waals surface area contributed by atoms with E-state index in [-0.39, 0.29) is 6.10 Å². The molecule has 0 aliphatic heterocycles. The maximum Gasteiger partial charge on any atom is 0.260 e. The first-order chi connectivity index (χ1) is 14.2. The number of carbonyl (C=O) groups is 1. The van der Waals surface area contributed by atoms with Gasteiger partial charge in [-0.15, -0.1) is 0 Å². The minimum Gasteiger partial charge on any atom is -0.494 e. The molecule has 2 aromatic rings. The summed E-state index contributed by atoms with van der Waals surface area (Å²) in [4.78, 5) is 12.2. The molecule has 2 rings (SSSR count). The van der Waals surface area contributed by atoms with E-state index >= 15 is 0 Å². The molecule has 0 fully saturated rings. The lowest BCUT2D eigenvalue weighted by Crippen LogP contribution is -2.39. The summed E-state index contributed by atoms with van der Waals surface area (Å²) in [5.74, 6) is 0.796. The van der Waals surface area contributed by atoms with Gasteiger partial charge in [-0.2, -0.15) is 5.10 Å². The summed E-state index contributed by atoms with van der Waals surface area (Å²) >= 11 is 0. The summed E-state index contributed by atoms with van der Waals surface area (Å²) in [6, 6.07) is 13.7. The summed E-state index contributed by atoms with van der Waals surface area (Å²) in [5, 5.41) is 3.89. The summed E-state index contributed by atoms with van der Waals surface area (Å²) in [7, 11) is -3.66. The van der Waals surface area contributed by atoms with Crippen LogP contribution in [0.5, 0.6) is 11.5 Å². The summed E-state index contributed by atoms with van der Waals surface area (Å²) in [6.07, 6.45) is 2.59. The molecular weight excluding hydrogens is 406 g/mol. The number of hydrazone groups is 1. The second-order valence-corrected chi connectivity index (χ2v) is 8.63. The highest BCUT2D eigenvalue weighted by atomic mass is 32.2. The van der Waals surface area contributed by atoms with Crippen molar-refractivity contribution in [2.75, 3.05) is 23.7 Å². The maximum absolute atomic E-state index is 12.2. The van der Waals surface area contributed by atoms with E-state index in [2.05, 4.69) is 10.5 Å². The number of carbonyl (C=O) groups excluding carboxylic acids is 1. The lowest BCUT2D eigenvalue weighted by Gasteiger charge is -2.21. The second kappa shape index (κ2) is 10.6. The Morgan fingerprint density at radius 3 is 2.23 bits per heavy atom. The van der Waals surface area contributed by atoms with Gasteiger partial charge >= 0.3 is 0 Å². The van der Waals surface area contributed by atoms with Gasteiger partial charge in [-0.1, -0.05) is 0 Å². The van der Waals surface area contributed by atoms with Crippen LogP contribution in [-0.2, 0) is 14.8 Å². The largest absolute Gasteiger partial charge is 0.494 e. The van der Waals surface area contributed by atoms with Crippen molar-refractivity contribution in [3.8, 4) is 11.5 Å². The van der Waals surface area contributed by atoms with E-state index in [9.17, 15) is 13.2 Å². The molecule has 2 aromatic carbocycles. The van der Waals surface area contributed by atoms with E-state index in [1.54, 1.807) is 48.5 Å². The van der Waals surface area contributed by atoms with Crippen LogP contribution in [0.2, 0.25) is 0 Å². The van der Waals surface area contributed by atoms with E-state index in [1.165, 1.54) is 6.21 Å². The molecule has 0 unspecified atom stereocenters. The van der Waals surface area contributed by atoms with Crippen LogP contribution in [0, 0.1) is 0 Å². The van der Waals surface area contributed by atoms with Gasteiger partial charge in [-0.25, -0.2) is 13.8 Å². The van der Waals surface area contributed by atoms with Crippen LogP contribution in [0.4, 0.5) is 5.69 Å². The van der Waals surface area contributed by atoms with Crippen molar-refractivity contribution in [1.82, 2.24) is 5.43 Å². The Kier molecular flexibility index (Phi) is 8.23. The zero-order chi connectivity index (χ0) is 22.1. The van der Waals surface area contributed by atoms with E-state index in [0.29, 0.717) is 18.0 Å². The highest BCUT2D eigenvalue weighted by Gasteiger charge is 2.20. The normalized spacial score (nSPS) is 11.5. The molecule has 0 aromatic heterocycles. The molecule has 0 bridgehead atoms. The molecule has 8 nitrogen and oxygen atoms in total. The van der Waals surface area contributed by atoms with Gasteiger partial charge in [-0.3, -0.25) is 9.10 Å². The van der Waals surface area contributed by atoms with E-state index in [1.807, 2.05) is 20.8 Å². The fraction of sp³-hybridized carbons (Fsp3) is 0.333. The first-order valence-corrected chi connectivity index (χ1v) is 11.3. The number of benzene rings is 2. The van der Waals surface area contributed by atoms with Crippen LogP contribution in [-0.4, -0.2) is 46.1 Å². The van der Waals surface area contributed by atoms with Gasteiger partial charge in [0.05, 0.1) is 30.9 Å². The monoisotopic (exact) mass is 433 g/mol. The Balaban J connectivity index is 2.00. The molecule has 0 atom stereocenters. The van der Waals surface area contributed by atoms with Crippen molar-refractivity contribution < 1.29 is 22.7 Å². The minimum absolute atomic E-state index is 0.0805. The highest BCUT2D eigenvalue weighted by molar-refractivity contribution is 7.92. The Hall–Kier alpha value is -3.07. The number of hydrogen-bond acceptors (Lipinski definition) is 6. The van der Waals surface area contributed by atoms with Crippen LogP contribution in [0.1, 0.15) is 26.3 Å². The van der Waals surface area contributed by atoms with E-state index in [0.717, 1.165) is 21.9 Å². The third kappa shape index (κ3) is 7.40. The fourth-order valence-electron chi connectivity index (χ4n) is 2.52. The first-order valence-electron chi connectivity index (χ1n) is 9.48. The van der Waals surface area contributed by atoms with Crippen molar-refractivity contribution in [3.63, 3.8) is 0 Å². The van der Waals surface area contributed by atoms with Crippen LogP contribution in [0.25, 0.3) is 0 Å². The number of amides is 1. The lowest BCUT2D eigenvalue weighted by molar-refractivity contribution is -0.119. The van der Waals surface area contributed by atoms with Gasteiger partial charge in [0.1, 0.15) is 18.0 Å². The van der Waals surface area contributed by atoms with Crippen LogP contribution in [0.15, 0.2) is 53.6 Å². The van der Waals surface area contributed by atoms with Crippen LogP contribution < -0.4 is 19.2 Å². The first kappa shape index (κ1) is 23.2. The number of ether oxygens (including phenoxy) is 2. The average Bonchev–Trinajstić information content (AvgIpc) is 2.67. The minimum atomic E-state index is -3.66. The van der Waals surface area contributed by atoms with Crippen LogP contribution in [0.3, 0.4) is 0 Å². The highest BCUT2D eigenvalue weighted by Crippen LogP contribution is 2.21. The molecule has 0 heterocycles. The van der Waals surface area contributed by atoms with Crippen molar-refractivity contribution >= 4 is 27.8 Å². The summed E-state index contributed by atoms with van der Waals surface area (Å²) in [6.45, 7) is 5.85. The SMILES string of the molecule is CCOc1ccc(N(CC(=O)NN=Cc2ccc(OC(C)C)cc2)S(C)(=O)=O)cc1. The Morgan fingerprint density at radius 1 is 1.10 bits per heavy atom. The van der Waals surface area contributed by atoms with Gasteiger partial charge in [0.2, 0.25) is 10.0 Å². The van der Waals surface area contributed by atoms with Gasteiger partial charge < -0.3 is 9.47 Å². The number of anilines is 1. The van der Waals surface area contributed by atoms with Crippen LogP contribution >= 0.6 is 0 Å². The number of nitrogens with zero attached hydrogens (tertiary/aromatic N) is 2. The zero-order valence-corrected chi connectivity index (χ0v) is 18.3. The van der Waals surface area contributed by atoms with Crippen molar-refractivity contribution in [2.24, 2.45) is 5.10 Å². The molecule has 1 N–H and O–H groups in total. The Morgan fingerprint density at radius 2 is 1.70 bits per heavy atom. The van der Waals surface area contributed by atoms with Gasteiger partial charge in [0.25, 0.3) is 5.91 Å². The summed E-state index contributed by atoms with van der Waals surface area (Å²) in [5.41, 5.74) is 3.47. The number of rotatable bonds is 10. The van der Waals surface area contributed by atoms with Crippen molar-refractivity contribution in [1.29, 1.82) is 0 Å². The average molecular weight is 434 g/mol. The molecule has 9 heteroatoms. The Labute approximate surface area is 177 Å². The molecule has 0 aliphatic rings. The maximum atomic E-state index is 12.2. The molecule has 30 heavy (non-hydrogen) atoms. The van der Waals surface area contributed by atoms with E-state index in [4.69, 9.17) is 9.47 Å². The number of sulfonamides is 1. The molecular formula is C21H27N3O5S. The molecule has 162 valence electrons. The molecule has 1 amide bonds. The predicted molar refractivity (Wildman–Crippen MR) is 118 cm³/mol. The number of nitrogens with one attached hydrogen (secondary N) is 1. The van der Waals surface area contributed by atoms with Gasteiger partial charge in [-0.05, 0) is 74.9 Å². The van der Waals surface area contributed by atoms with Crippen molar-refractivity contribution in [3.05, 3.63) is 54.1 Å². The topological polar surface area (TPSA) is 97.3 Å². The van der Waals surface area contributed by atoms with E-state index < -0.39 is 22.5 Å². The quantitative estimate of drug-likeness (QED) is 0.459. The Bertz CT molecular complexity index is 955. The molecule has 0 saturated carbocycles. The van der Waals surface area contributed by atoms with Gasteiger partial charge in [0, 0.05) is 0 Å². The third-order valence-electron chi connectivity index (χ3n) is 3.78. The zero-order valence-electron chi connectivity index (χ0n) is 17.5. The van der Waals surface area contributed by atoms with Gasteiger partial charge in [0.15, 0.2) is 0 Å². The second-order valence-electron chi connectivity index (χ2n) is 6.73. The molecule has 0 saturated heterocycles. The smallest absolute Gasteiger partial charge is 0.260 e. The predicted octanol–water partition coefficient (Wildman–Crippen LogP) is 2.79. The summed E-state index contributed by atoms with van der Waals surface area (Å²) < 4.78 is 36.2. The van der Waals surface area contributed by atoms with Crippen molar-refractivity contribution in [2.45, 2.75) is 26.9 Å². The third-order valence-corrected chi connectivity index (χ3v) is 4.92. The molecule has 0 radical (unpaired) electrons. The molecule has 0 spiro atoms. The fourth-order valence-corrected chi connectivity index (χ4v) is 3.38. The molecule has 0 aliphatic carbocycles. The standard InChI is InChI=1S/C21H27N3O5S/c1-5-28-19-12-8-18(9-13-19)24(30(4,26)27)15-21(25)23-22-14-17-6-10-20(11-7-17)29-16(2)3/h6-14,16H,5,15H2,1-4H3,(H,23,25).